The number of hydrogen-bond acceptors (Lipinski definition) is 7. The molecule has 43 heavy (non-hydrogen) atoms. The van der Waals surface area contributed by atoms with Crippen LogP contribution in [0.3, 0.4) is 0 Å². The Morgan fingerprint density at radius 2 is 1.91 bits per heavy atom. The van der Waals surface area contributed by atoms with Crippen LogP contribution in [-0.4, -0.2) is 31.5 Å². The monoisotopic (exact) mass is 573 g/mol. The van der Waals surface area contributed by atoms with E-state index >= 15 is 0 Å². The number of nitriles is 1. The van der Waals surface area contributed by atoms with Gasteiger partial charge in [-0.2, -0.15) is 15.2 Å². The number of hydrogen-bond donors (Lipinski definition) is 3. The highest BCUT2D eigenvalue weighted by atomic mass is 16.2. The van der Waals surface area contributed by atoms with Gasteiger partial charge in [0, 0.05) is 31.5 Å². The summed E-state index contributed by atoms with van der Waals surface area (Å²) in [6, 6.07) is 18.2. The quantitative estimate of drug-likeness (QED) is 0.186. The topological polar surface area (TPSA) is 125 Å². The Kier molecular flexibility index (Phi) is 9.60. The summed E-state index contributed by atoms with van der Waals surface area (Å²) in [5, 5.41) is 19.1. The second-order valence-electron chi connectivity index (χ2n) is 10.9. The molecule has 2 aromatic carbocycles. The van der Waals surface area contributed by atoms with Crippen molar-refractivity contribution in [1.29, 1.82) is 5.26 Å². The highest BCUT2D eigenvalue weighted by Crippen LogP contribution is 2.29. The maximum Gasteiger partial charge on any atom is 0.242 e. The van der Waals surface area contributed by atoms with Gasteiger partial charge in [-0.15, -0.1) is 0 Å². The third-order valence-electron chi connectivity index (χ3n) is 7.76. The predicted octanol–water partition coefficient (Wildman–Crippen LogP) is 6.07. The number of carbonyl (C=O) groups excluding carboxylic acids is 1. The average molecular weight is 574 g/mol. The molecule has 10 nitrogen and oxygen atoms in total. The second-order valence-corrected chi connectivity index (χ2v) is 10.9. The minimum atomic E-state index is -0.489. The van der Waals surface area contributed by atoms with Crippen LogP contribution in [0.25, 0.3) is 10.7 Å². The van der Waals surface area contributed by atoms with Gasteiger partial charge in [0.1, 0.15) is 23.5 Å². The number of rotatable bonds is 11. The highest BCUT2D eigenvalue weighted by Gasteiger charge is 2.25. The molecular weight excluding hydrogens is 538 g/mol. The molecule has 1 fully saturated rings. The molecule has 1 atom stereocenters. The molecule has 0 aliphatic heterocycles. The molecule has 4 aromatic rings. The van der Waals surface area contributed by atoms with Gasteiger partial charge in [-0.05, 0) is 42.5 Å². The maximum atomic E-state index is 13.6. The van der Waals surface area contributed by atoms with Crippen LogP contribution in [-0.2, 0) is 17.9 Å². The molecule has 1 aliphatic rings. The Labute approximate surface area is 252 Å². The van der Waals surface area contributed by atoms with E-state index in [1.54, 1.807) is 24.4 Å². The first-order valence-corrected chi connectivity index (χ1v) is 14.6. The van der Waals surface area contributed by atoms with Gasteiger partial charge in [-0.25, -0.2) is 9.83 Å². The van der Waals surface area contributed by atoms with Crippen LogP contribution >= 0.6 is 0 Å². The molecule has 2 heterocycles. The number of anilines is 2. The van der Waals surface area contributed by atoms with E-state index in [4.69, 9.17) is 16.5 Å². The normalized spacial score (nSPS) is 13.8. The number of aryl methyl sites for hydroxylation is 1. The number of nitrogens with zero attached hydrogens (tertiary/aromatic N) is 6. The molecule has 0 saturated heterocycles. The molecule has 0 spiro atoms. The second kappa shape index (κ2) is 14.1. The molecule has 218 valence electrons. The first-order chi connectivity index (χ1) is 21.0. The van der Waals surface area contributed by atoms with Gasteiger partial charge in [-0.3, -0.25) is 9.36 Å². The molecule has 1 aliphatic carbocycles. The molecule has 1 saturated carbocycles. The lowest BCUT2D eigenvalue weighted by Gasteiger charge is -2.27. The van der Waals surface area contributed by atoms with E-state index < -0.39 is 6.04 Å². The fraction of sp³-hybridized carbons (Fsp3) is 0.333. The van der Waals surface area contributed by atoms with Gasteiger partial charge in [0.2, 0.25) is 11.9 Å². The molecule has 10 heteroatoms. The summed E-state index contributed by atoms with van der Waals surface area (Å²) in [5.41, 5.74) is 3.02. The van der Waals surface area contributed by atoms with Crippen LogP contribution in [0.15, 0.2) is 67.0 Å². The van der Waals surface area contributed by atoms with E-state index in [2.05, 4.69) is 31.8 Å². The van der Waals surface area contributed by atoms with E-state index in [1.165, 1.54) is 19.3 Å². The standard InChI is InChI=1S/C33H35N9O/c1-23-36-15-16-42(23)31-19-30(40-33(41-31)38-22-27-10-6-9-26(17-27)20-34)39-29(18-24-7-4-3-5-8-24)32(43)37-21-25-11-13-28(35-2)14-12-25/h6,9-17,19,24,29H,3-5,7-8,18,21-22H2,1H3,(H,37,43)(H2,38,39,40,41). The van der Waals surface area contributed by atoms with Gasteiger partial charge >= 0.3 is 0 Å². The van der Waals surface area contributed by atoms with Crippen molar-refractivity contribution in [3.63, 3.8) is 0 Å². The maximum absolute atomic E-state index is 13.6. The van der Waals surface area contributed by atoms with Crippen molar-refractivity contribution >= 4 is 23.4 Å². The zero-order valence-electron chi connectivity index (χ0n) is 24.3. The van der Waals surface area contributed by atoms with E-state index in [0.717, 1.165) is 29.8 Å². The van der Waals surface area contributed by atoms with Crippen molar-refractivity contribution in [2.45, 2.75) is 64.6 Å². The number of nitrogens with one attached hydrogen (secondary N) is 3. The first kappa shape index (κ1) is 29.3. The number of imidazole rings is 1. The minimum Gasteiger partial charge on any atom is -0.358 e. The number of benzene rings is 2. The van der Waals surface area contributed by atoms with Crippen molar-refractivity contribution in [2.75, 3.05) is 10.6 Å². The summed E-state index contributed by atoms with van der Waals surface area (Å²) >= 11 is 0. The predicted molar refractivity (Wildman–Crippen MR) is 166 cm³/mol. The molecule has 5 rings (SSSR count). The van der Waals surface area contributed by atoms with Crippen LogP contribution in [0.5, 0.6) is 0 Å². The summed E-state index contributed by atoms with van der Waals surface area (Å²) in [4.78, 5) is 30.9. The smallest absolute Gasteiger partial charge is 0.242 e. The molecule has 0 radical (unpaired) electrons. The van der Waals surface area contributed by atoms with Crippen molar-refractivity contribution in [3.05, 3.63) is 101 Å². The lowest BCUT2D eigenvalue weighted by Crippen LogP contribution is -2.41. The summed E-state index contributed by atoms with van der Waals surface area (Å²) in [6.45, 7) is 9.86. The Morgan fingerprint density at radius 1 is 1.09 bits per heavy atom. The summed E-state index contributed by atoms with van der Waals surface area (Å²) in [5.74, 6) is 2.69. The van der Waals surface area contributed by atoms with Gasteiger partial charge in [0.25, 0.3) is 0 Å². The highest BCUT2D eigenvalue weighted by molar-refractivity contribution is 5.84. The Morgan fingerprint density at radius 3 is 2.63 bits per heavy atom. The fourth-order valence-corrected chi connectivity index (χ4v) is 5.43. The minimum absolute atomic E-state index is 0.0957. The third kappa shape index (κ3) is 7.96. The van der Waals surface area contributed by atoms with Crippen molar-refractivity contribution in [3.8, 4) is 11.9 Å². The third-order valence-corrected chi connectivity index (χ3v) is 7.76. The molecule has 1 amide bonds. The fourth-order valence-electron chi connectivity index (χ4n) is 5.43. The Balaban J connectivity index is 1.38. The first-order valence-electron chi connectivity index (χ1n) is 14.6. The van der Waals surface area contributed by atoms with Crippen molar-refractivity contribution in [2.24, 2.45) is 5.92 Å². The summed E-state index contributed by atoms with van der Waals surface area (Å²) in [6.07, 6.45) is 10.1. The molecule has 3 N–H and O–H groups in total. The number of amides is 1. The van der Waals surface area contributed by atoms with E-state index in [0.29, 0.717) is 54.3 Å². The molecule has 0 bridgehead atoms. The largest absolute Gasteiger partial charge is 0.358 e. The van der Waals surface area contributed by atoms with Crippen LogP contribution < -0.4 is 16.0 Å². The van der Waals surface area contributed by atoms with Gasteiger partial charge in [0.05, 0.1) is 18.2 Å². The number of carbonyl (C=O) groups is 1. The summed E-state index contributed by atoms with van der Waals surface area (Å²) < 4.78 is 1.87. The molecular formula is C33H35N9O. The van der Waals surface area contributed by atoms with E-state index in [1.807, 2.05) is 54.1 Å². The van der Waals surface area contributed by atoms with Crippen molar-refractivity contribution < 1.29 is 4.79 Å². The van der Waals surface area contributed by atoms with E-state index in [9.17, 15) is 10.1 Å². The molecule has 2 aromatic heterocycles. The zero-order valence-corrected chi connectivity index (χ0v) is 24.3. The number of aromatic nitrogens is 4. The Bertz CT molecular complexity index is 1630. The van der Waals surface area contributed by atoms with Crippen molar-refractivity contribution in [1.82, 2.24) is 24.8 Å². The lowest BCUT2D eigenvalue weighted by molar-refractivity contribution is -0.122. The van der Waals surface area contributed by atoms with Crippen LogP contribution in [0.2, 0.25) is 0 Å². The average Bonchev–Trinajstić information content (AvgIpc) is 3.48. The Hall–Kier alpha value is -5.22. The van der Waals surface area contributed by atoms with Gasteiger partial charge in [0.15, 0.2) is 5.69 Å². The van der Waals surface area contributed by atoms with E-state index in [-0.39, 0.29) is 5.91 Å². The van der Waals surface area contributed by atoms with Crippen LogP contribution in [0.4, 0.5) is 17.5 Å². The summed E-state index contributed by atoms with van der Waals surface area (Å²) in [7, 11) is 0. The SMILES string of the molecule is [C-]#[N+]c1ccc(CNC(=O)C(CC2CCCCC2)Nc2cc(-n3ccnc3C)nc(NCc3cccc(C#N)c3)n2)cc1. The van der Waals surface area contributed by atoms with Gasteiger partial charge < -0.3 is 16.0 Å². The lowest BCUT2D eigenvalue weighted by atomic mass is 9.84. The zero-order chi connectivity index (χ0) is 30.0. The molecule has 1 unspecified atom stereocenters. The van der Waals surface area contributed by atoms with Crippen LogP contribution in [0.1, 0.15) is 61.0 Å². The van der Waals surface area contributed by atoms with Gasteiger partial charge in [-0.1, -0.05) is 68.5 Å². The van der Waals surface area contributed by atoms with Crippen LogP contribution in [0, 0.1) is 30.7 Å².